The smallest absolute Gasteiger partial charge is 0.306 e. The summed E-state index contributed by atoms with van der Waals surface area (Å²) in [5.74, 6) is 0. The summed E-state index contributed by atoms with van der Waals surface area (Å²) in [5.41, 5.74) is 3.51. The van der Waals surface area contributed by atoms with Gasteiger partial charge in [-0.2, -0.15) is 0 Å². The zero-order chi connectivity index (χ0) is 14.5. The summed E-state index contributed by atoms with van der Waals surface area (Å²) in [6.45, 7) is 4.88. The van der Waals surface area contributed by atoms with E-state index in [9.17, 15) is 10.1 Å². The van der Waals surface area contributed by atoms with Gasteiger partial charge in [-0.25, -0.2) is 0 Å². The fourth-order valence-corrected chi connectivity index (χ4v) is 2.71. The molecule has 0 spiro atoms. The number of aryl methyl sites for hydroxylation is 1. The maximum absolute atomic E-state index is 10.6. The summed E-state index contributed by atoms with van der Waals surface area (Å²) >= 11 is 1.17. The molecule has 0 amide bonds. The molecule has 1 aromatic heterocycles. The second-order valence-electron chi connectivity index (χ2n) is 4.75. The van der Waals surface area contributed by atoms with E-state index in [-0.39, 0.29) is 16.0 Å². The van der Waals surface area contributed by atoms with Crippen LogP contribution in [0.15, 0.2) is 35.7 Å². The van der Waals surface area contributed by atoms with Crippen LogP contribution < -0.4 is 5.32 Å². The minimum absolute atomic E-state index is 0.196. The minimum atomic E-state index is -0.346. The number of hydrogen-bond donors (Lipinski definition) is 1. The van der Waals surface area contributed by atoms with Gasteiger partial charge in [0.05, 0.1) is 4.92 Å². The molecule has 0 bridgehead atoms. The van der Waals surface area contributed by atoms with E-state index in [0.29, 0.717) is 6.54 Å². The quantitative estimate of drug-likeness (QED) is 0.644. The maximum Gasteiger partial charge on any atom is 0.324 e. The van der Waals surface area contributed by atoms with Crippen LogP contribution in [-0.4, -0.2) is 4.92 Å². The lowest BCUT2D eigenvalue weighted by atomic mass is 10.0. The summed E-state index contributed by atoms with van der Waals surface area (Å²) in [5, 5.41) is 16.0. The molecule has 2 aromatic rings. The van der Waals surface area contributed by atoms with E-state index in [4.69, 9.17) is 0 Å². The topological polar surface area (TPSA) is 55.2 Å². The van der Waals surface area contributed by atoms with Crippen molar-refractivity contribution in [3.05, 3.63) is 62.5 Å². The Bertz CT molecular complexity index is 578. The zero-order valence-corrected chi connectivity index (χ0v) is 12.4. The Hall–Kier alpha value is -1.72. The van der Waals surface area contributed by atoms with Crippen molar-refractivity contribution in [3.63, 3.8) is 0 Å². The molecule has 1 unspecified atom stereocenters. The first-order valence-electron chi connectivity index (χ1n) is 6.64. The largest absolute Gasteiger partial charge is 0.324 e. The molecule has 0 aliphatic rings. The Morgan fingerprint density at radius 3 is 2.55 bits per heavy atom. The highest BCUT2D eigenvalue weighted by molar-refractivity contribution is 7.13. The van der Waals surface area contributed by atoms with Crippen molar-refractivity contribution >= 4 is 16.3 Å². The van der Waals surface area contributed by atoms with Crippen molar-refractivity contribution in [1.29, 1.82) is 0 Å². The van der Waals surface area contributed by atoms with E-state index < -0.39 is 0 Å². The molecule has 0 radical (unpaired) electrons. The van der Waals surface area contributed by atoms with Crippen LogP contribution in [0.4, 0.5) is 5.00 Å². The maximum atomic E-state index is 10.6. The molecule has 0 aliphatic carbocycles. The van der Waals surface area contributed by atoms with Crippen LogP contribution in [0.25, 0.3) is 0 Å². The lowest BCUT2D eigenvalue weighted by Gasteiger charge is -2.14. The van der Waals surface area contributed by atoms with Gasteiger partial charge in [0.2, 0.25) is 0 Å². The fraction of sp³-hybridized carbons (Fsp3) is 0.333. The minimum Gasteiger partial charge on any atom is -0.306 e. The number of hydrogen-bond acceptors (Lipinski definition) is 4. The third kappa shape index (κ3) is 3.65. The first kappa shape index (κ1) is 14.7. The molecule has 5 heteroatoms. The third-order valence-electron chi connectivity index (χ3n) is 3.32. The summed E-state index contributed by atoms with van der Waals surface area (Å²) in [6.07, 6.45) is 1.04. The van der Waals surface area contributed by atoms with Gasteiger partial charge >= 0.3 is 5.00 Å². The summed E-state index contributed by atoms with van der Waals surface area (Å²) in [4.78, 5) is 10.3. The highest BCUT2D eigenvalue weighted by Gasteiger charge is 2.10. The van der Waals surface area contributed by atoms with E-state index in [2.05, 4.69) is 43.4 Å². The summed E-state index contributed by atoms with van der Waals surface area (Å²) in [7, 11) is 0. The van der Waals surface area contributed by atoms with Crippen molar-refractivity contribution in [2.75, 3.05) is 0 Å². The molecule has 106 valence electrons. The van der Waals surface area contributed by atoms with Gasteiger partial charge in [0.15, 0.2) is 0 Å². The Labute approximate surface area is 122 Å². The van der Waals surface area contributed by atoms with Crippen LogP contribution in [-0.2, 0) is 13.0 Å². The highest BCUT2D eigenvalue weighted by atomic mass is 32.1. The van der Waals surface area contributed by atoms with Gasteiger partial charge in [-0.15, -0.1) is 0 Å². The first-order chi connectivity index (χ1) is 9.60. The van der Waals surface area contributed by atoms with Crippen LogP contribution in [0.1, 0.15) is 36.6 Å². The van der Waals surface area contributed by atoms with Crippen LogP contribution in [0.3, 0.4) is 0 Å². The number of benzene rings is 1. The van der Waals surface area contributed by atoms with E-state index in [1.54, 1.807) is 6.07 Å². The van der Waals surface area contributed by atoms with E-state index in [1.165, 1.54) is 22.5 Å². The molecule has 0 fully saturated rings. The SMILES string of the molecule is CCc1ccc(C(C)NCc2csc([N+](=O)[O-])c2)cc1. The lowest BCUT2D eigenvalue weighted by Crippen LogP contribution is -2.17. The molecule has 1 N–H and O–H groups in total. The van der Waals surface area contributed by atoms with Gasteiger partial charge in [-0.05, 0) is 30.0 Å². The number of thiophene rings is 1. The monoisotopic (exact) mass is 290 g/mol. The lowest BCUT2D eigenvalue weighted by molar-refractivity contribution is -0.380. The molecular formula is C15H18N2O2S. The Balaban J connectivity index is 1.93. The Kier molecular flexibility index (Phi) is 4.87. The average molecular weight is 290 g/mol. The molecule has 1 aromatic carbocycles. The predicted octanol–water partition coefficient (Wildman–Crippen LogP) is 4.07. The van der Waals surface area contributed by atoms with Gasteiger partial charge in [0.1, 0.15) is 0 Å². The molecule has 4 nitrogen and oxygen atoms in total. The van der Waals surface area contributed by atoms with E-state index in [0.717, 1.165) is 12.0 Å². The van der Waals surface area contributed by atoms with E-state index in [1.807, 2.05) is 5.38 Å². The number of nitrogens with zero attached hydrogens (tertiary/aromatic N) is 1. The van der Waals surface area contributed by atoms with E-state index >= 15 is 0 Å². The molecular weight excluding hydrogens is 272 g/mol. The molecule has 0 aliphatic heterocycles. The second kappa shape index (κ2) is 6.63. The Morgan fingerprint density at radius 1 is 1.30 bits per heavy atom. The molecule has 1 atom stereocenters. The van der Waals surface area contributed by atoms with Crippen LogP contribution >= 0.6 is 11.3 Å². The summed E-state index contributed by atoms with van der Waals surface area (Å²) in [6, 6.07) is 10.4. The van der Waals surface area contributed by atoms with Crippen molar-refractivity contribution in [2.24, 2.45) is 0 Å². The molecule has 0 saturated heterocycles. The molecule has 0 saturated carbocycles. The first-order valence-corrected chi connectivity index (χ1v) is 7.52. The molecule has 20 heavy (non-hydrogen) atoms. The average Bonchev–Trinajstić information content (AvgIpc) is 2.94. The Morgan fingerprint density at radius 2 is 2.00 bits per heavy atom. The fourth-order valence-electron chi connectivity index (χ4n) is 1.98. The van der Waals surface area contributed by atoms with Gasteiger partial charge in [0.25, 0.3) is 0 Å². The van der Waals surface area contributed by atoms with Gasteiger partial charge < -0.3 is 5.32 Å². The molecule has 2 rings (SSSR count). The van der Waals surface area contributed by atoms with Crippen molar-refractivity contribution in [1.82, 2.24) is 5.32 Å². The van der Waals surface area contributed by atoms with Gasteiger partial charge in [-0.3, -0.25) is 10.1 Å². The van der Waals surface area contributed by atoms with Crippen molar-refractivity contribution in [2.45, 2.75) is 32.9 Å². The van der Waals surface area contributed by atoms with Gasteiger partial charge in [-0.1, -0.05) is 42.5 Å². The standard InChI is InChI=1S/C15H18N2O2S/c1-3-12-4-6-14(7-5-12)11(2)16-9-13-8-15(17(18)19)20-10-13/h4-8,10-11,16H,3,9H2,1-2H3. The van der Waals surface area contributed by atoms with Crippen molar-refractivity contribution in [3.8, 4) is 0 Å². The highest BCUT2D eigenvalue weighted by Crippen LogP contribution is 2.23. The van der Waals surface area contributed by atoms with Crippen LogP contribution in [0, 0.1) is 10.1 Å². The predicted molar refractivity (Wildman–Crippen MR) is 82.0 cm³/mol. The number of nitrogens with one attached hydrogen (secondary N) is 1. The molecule has 1 heterocycles. The number of rotatable bonds is 6. The normalized spacial score (nSPS) is 12.3. The second-order valence-corrected chi connectivity index (χ2v) is 5.64. The third-order valence-corrected chi connectivity index (χ3v) is 4.25. The van der Waals surface area contributed by atoms with Gasteiger partial charge in [0, 0.05) is 24.0 Å². The summed E-state index contributed by atoms with van der Waals surface area (Å²) < 4.78 is 0. The van der Waals surface area contributed by atoms with Crippen LogP contribution in [0.2, 0.25) is 0 Å². The van der Waals surface area contributed by atoms with Crippen LogP contribution in [0.5, 0.6) is 0 Å². The zero-order valence-electron chi connectivity index (χ0n) is 11.6. The van der Waals surface area contributed by atoms with Crippen molar-refractivity contribution < 1.29 is 4.92 Å². The number of nitro groups is 1.